The second-order valence-corrected chi connectivity index (χ2v) is 3.62. The molecule has 4 nitrogen and oxygen atoms in total. The summed E-state index contributed by atoms with van der Waals surface area (Å²) in [6.45, 7) is 2.65. The number of aromatic nitrogens is 2. The number of nitrogens with zero attached hydrogens (tertiary/aromatic N) is 1. The van der Waals surface area contributed by atoms with Crippen molar-refractivity contribution in [1.29, 1.82) is 0 Å². The number of rotatable bonds is 4. The zero-order valence-corrected chi connectivity index (χ0v) is 9.23. The van der Waals surface area contributed by atoms with Gasteiger partial charge >= 0.3 is 0 Å². The molecular formula is C12H15N3O. The number of nitrogens with two attached hydrogens (primary N) is 1. The quantitative estimate of drug-likeness (QED) is 0.824. The summed E-state index contributed by atoms with van der Waals surface area (Å²) < 4.78 is 5.49. The first-order valence-electron chi connectivity index (χ1n) is 5.29. The van der Waals surface area contributed by atoms with Crippen LogP contribution in [0.1, 0.15) is 18.1 Å². The molecule has 0 spiro atoms. The Balaban J connectivity index is 1.99. The van der Waals surface area contributed by atoms with E-state index in [-0.39, 0.29) is 0 Å². The molecule has 0 fully saturated rings. The second kappa shape index (κ2) is 4.70. The van der Waals surface area contributed by atoms with Gasteiger partial charge in [0, 0.05) is 6.07 Å². The van der Waals surface area contributed by atoms with Gasteiger partial charge in [-0.2, -0.15) is 0 Å². The Bertz CT molecular complexity index is 465. The second-order valence-electron chi connectivity index (χ2n) is 3.62. The van der Waals surface area contributed by atoms with E-state index in [9.17, 15) is 0 Å². The summed E-state index contributed by atoms with van der Waals surface area (Å²) >= 11 is 0. The molecule has 84 valence electrons. The third kappa shape index (κ3) is 2.53. The summed E-state index contributed by atoms with van der Waals surface area (Å²) in [6, 6.07) is 9.99. The maximum Gasteiger partial charge on any atom is 0.235 e. The minimum Gasteiger partial charge on any atom is -0.472 e. The topological polar surface area (TPSA) is 63.9 Å². The summed E-state index contributed by atoms with van der Waals surface area (Å²) in [5.41, 5.74) is 7.94. The van der Waals surface area contributed by atoms with Crippen LogP contribution in [0, 0.1) is 0 Å². The molecule has 0 aliphatic heterocycles. The molecule has 0 bridgehead atoms. The van der Waals surface area contributed by atoms with Crippen molar-refractivity contribution in [3.63, 3.8) is 0 Å². The number of hydrogen-bond donors (Lipinski definition) is 2. The molecule has 1 heterocycles. The van der Waals surface area contributed by atoms with Crippen LogP contribution in [0.5, 0.6) is 5.88 Å². The van der Waals surface area contributed by atoms with Gasteiger partial charge in [-0.25, -0.2) is 0 Å². The van der Waals surface area contributed by atoms with Crippen molar-refractivity contribution in [2.75, 3.05) is 5.73 Å². The highest BCUT2D eigenvalue weighted by Gasteiger charge is 2.00. The molecular weight excluding hydrogens is 202 g/mol. The van der Waals surface area contributed by atoms with Crippen LogP contribution in [-0.2, 0) is 13.0 Å². The van der Waals surface area contributed by atoms with Crippen molar-refractivity contribution in [2.45, 2.75) is 20.0 Å². The van der Waals surface area contributed by atoms with Crippen LogP contribution in [0.4, 0.5) is 5.82 Å². The zero-order chi connectivity index (χ0) is 11.4. The van der Waals surface area contributed by atoms with Crippen molar-refractivity contribution >= 4 is 5.82 Å². The van der Waals surface area contributed by atoms with Gasteiger partial charge in [0.2, 0.25) is 5.88 Å². The molecule has 2 rings (SSSR count). The van der Waals surface area contributed by atoms with E-state index in [4.69, 9.17) is 10.5 Å². The predicted molar refractivity (Wildman–Crippen MR) is 63.2 cm³/mol. The largest absolute Gasteiger partial charge is 0.472 e. The molecule has 3 N–H and O–H groups in total. The molecule has 0 saturated carbocycles. The van der Waals surface area contributed by atoms with E-state index in [0.29, 0.717) is 18.3 Å². The van der Waals surface area contributed by atoms with Crippen molar-refractivity contribution in [3.05, 3.63) is 41.5 Å². The number of H-pyrrole nitrogens is 1. The molecule has 1 aromatic heterocycles. The maximum absolute atomic E-state index is 5.50. The first-order valence-corrected chi connectivity index (χ1v) is 5.29. The fourth-order valence-corrected chi connectivity index (χ4v) is 1.49. The van der Waals surface area contributed by atoms with Crippen LogP contribution in [0.15, 0.2) is 30.3 Å². The smallest absolute Gasteiger partial charge is 0.235 e. The van der Waals surface area contributed by atoms with E-state index < -0.39 is 0 Å². The third-order valence-corrected chi connectivity index (χ3v) is 2.36. The van der Waals surface area contributed by atoms with Crippen molar-refractivity contribution in [1.82, 2.24) is 10.2 Å². The van der Waals surface area contributed by atoms with Crippen LogP contribution in [0.3, 0.4) is 0 Å². The Hall–Kier alpha value is -1.97. The number of hydrogen-bond acceptors (Lipinski definition) is 3. The van der Waals surface area contributed by atoms with Gasteiger partial charge < -0.3 is 10.5 Å². The lowest BCUT2D eigenvalue weighted by Gasteiger charge is -2.04. The van der Waals surface area contributed by atoms with Gasteiger partial charge in [0.15, 0.2) is 0 Å². The maximum atomic E-state index is 5.50. The van der Waals surface area contributed by atoms with Gasteiger partial charge in [-0.1, -0.05) is 31.2 Å². The number of benzene rings is 1. The van der Waals surface area contributed by atoms with Gasteiger partial charge in [0.25, 0.3) is 0 Å². The summed E-state index contributed by atoms with van der Waals surface area (Å²) in [5, 5.41) is 6.53. The van der Waals surface area contributed by atoms with E-state index in [1.807, 2.05) is 12.1 Å². The molecule has 0 saturated heterocycles. The number of nitrogens with one attached hydrogen (secondary N) is 1. The van der Waals surface area contributed by atoms with Gasteiger partial charge in [-0.3, -0.25) is 5.10 Å². The van der Waals surface area contributed by atoms with Gasteiger partial charge in [-0.15, -0.1) is 5.10 Å². The monoisotopic (exact) mass is 217 g/mol. The van der Waals surface area contributed by atoms with Crippen molar-refractivity contribution < 1.29 is 4.74 Å². The molecule has 0 amide bonds. The Morgan fingerprint density at radius 2 is 2.12 bits per heavy atom. The van der Waals surface area contributed by atoms with E-state index in [1.165, 1.54) is 5.56 Å². The summed E-state index contributed by atoms with van der Waals surface area (Å²) in [4.78, 5) is 0. The van der Waals surface area contributed by atoms with Crippen LogP contribution in [-0.4, -0.2) is 10.2 Å². The number of aryl methyl sites for hydroxylation is 1. The predicted octanol–water partition coefficient (Wildman–Crippen LogP) is 2.13. The number of nitrogen functional groups attached to an aromatic ring is 1. The van der Waals surface area contributed by atoms with Crippen molar-refractivity contribution in [3.8, 4) is 5.88 Å². The lowest BCUT2D eigenvalue weighted by Crippen LogP contribution is -1.96. The lowest BCUT2D eigenvalue weighted by molar-refractivity contribution is 0.293. The van der Waals surface area contributed by atoms with E-state index in [2.05, 4.69) is 29.3 Å². The Morgan fingerprint density at radius 1 is 1.31 bits per heavy atom. The van der Waals surface area contributed by atoms with Gasteiger partial charge in [0.05, 0.1) is 0 Å². The van der Waals surface area contributed by atoms with Crippen LogP contribution < -0.4 is 10.5 Å². The standard InChI is InChI=1S/C12H15N3O/c1-2-9-4-3-5-10(6-9)8-16-12-7-11(13)14-15-12/h3-7H,2,8H2,1H3,(H3,13,14,15). The number of aromatic amines is 1. The average Bonchev–Trinajstić information content (AvgIpc) is 2.73. The van der Waals surface area contributed by atoms with Gasteiger partial charge in [0.1, 0.15) is 12.4 Å². The van der Waals surface area contributed by atoms with Crippen LogP contribution in [0.2, 0.25) is 0 Å². The van der Waals surface area contributed by atoms with E-state index in [1.54, 1.807) is 6.07 Å². The highest BCUT2D eigenvalue weighted by Crippen LogP contribution is 2.12. The molecule has 16 heavy (non-hydrogen) atoms. The van der Waals surface area contributed by atoms with Crippen LogP contribution >= 0.6 is 0 Å². The summed E-state index contributed by atoms with van der Waals surface area (Å²) in [7, 11) is 0. The first-order chi connectivity index (χ1) is 7.78. The molecule has 1 aromatic carbocycles. The van der Waals surface area contributed by atoms with Crippen LogP contribution in [0.25, 0.3) is 0 Å². The fraction of sp³-hybridized carbons (Fsp3) is 0.250. The Morgan fingerprint density at radius 3 is 2.81 bits per heavy atom. The summed E-state index contributed by atoms with van der Waals surface area (Å²) in [5.74, 6) is 1.04. The normalized spacial score (nSPS) is 10.3. The van der Waals surface area contributed by atoms with Gasteiger partial charge in [-0.05, 0) is 17.5 Å². The highest BCUT2D eigenvalue weighted by atomic mass is 16.5. The number of ether oxygens (including phenoxy) is 1. The van der Waals surface area contributed by atoms with E-state index >= 15 is 0 Å². The third-order valence-electron chi connectivity index (χ3n) is 2.36. The SMILES string of the molecule is CCc1cccc(COc2cc(N)[nH]n2)c1. The zero-order valence-electron chi connectivity index (χ0n) is 9.23. The first kappa shape index (κ1) is 10.5. The van der Waals surface area contributed by atoms with Crippen molar-refractivity contribution in [2.24, 2.45) is 0 Å². The van der Waals surface area contributed by atoms with E-state index in [0.717, 1.165) is 12.0 Å². The molecule has 0 aliphatic rings. The average molecular weight is 217 g/mol. The number of anilines is 1. The Kier molecular flexibility index (Phi) is 3.10. The minimum absolute atomic E-state index is 0.511. The Labute approximate surface area is 94.4 Å². The highest BCUT2D eigenvalue weighted by molar-refractivity contribution is 5.32. The lowest BCUT2D eigenvalue weighted by atomic mass is 10.1. The molecule has 4 heteroatoms. The fourth-order valence-electron chi connectivity index (χ4n) is 1.49. The summed E-state index contributed by atoms with van der Waals surface area (Å²) in [6.07, 6.45) is 1.03. The molecule has 0 unspecified atom stereocenters. The molecule has 0 radical (unpaired) electrons. The minimum atomic E-state index is 0.511. The molecule has 2 aromatic rings. The molecule has 0 atom stereocenters. The molecule has 0 aliphatic carbocycles.